The fourth-order valence-electron chi connectivity index (χ4n) is 1.64. The highest BCUT2D eigenvalue weighted by Crippen LogP contribution is 2.20. The number of nitrogens with zero attached hydrogens (tertiary/aromatic N) is 1. The van der Waals surface area contributed by atoms with Crippen molar-refractivity contribution in [1.29, 1.82) is 0 Å². The molecule has 0 spiro atoms. The third kappa shape index (κ3) is 3.15. The molecule has 1 aromatic heterocycles. The highest BCUT2D eigenvalue weighted by atomic mass is 16.5. The average molecular weight is 225 g/mol. The summed E-state index contributed by atoms with van der Waals surface area (Å²) >= 11 is 0. The molecule has 1 aromatic rings. The first-order valence-corrected chi connectivity index (χ1v) is 5.41. The number of hydrogen-bond acceptors (Lipinski definition) is 4. The summed E-state index contributed by atoms with van der Waals surface area (Å²) in [6.07, 6.45) is 0.413. The Kier molecular flexibility index (Phi) is 4.64. The van der Waals surface area contributed by atoms with Gasteiger partial charge in [0.15, 0.2) is 0 Å². The predicted octanol–water partition coefficient (Wildman–Crippen LogP) is 0.615. The molecule has 3 N–H and O–H groups in total. The molecule has 0 fully saturated rings. The molecule has 1 unspecified atom stereocenters. The molecular weight excluding hydrogens is 206 g/mol. The van der Waals surface area contributed by atoms with Gasteiger partial charge in [-0.05, 0) is 12.5 Å². The average Bonchev–Trinajstić information content (AvgIpc) is 2.17. The summed E-state index contributed by atoms with van der Waals surface area (Å²) in [5.41, 5.74) is 6.00. The molecule has 0 amide bonds. The van der Waals surface area contributed by atoms with Crippen LogP contribution in [-0.4, -0.2) is 23.6 Å². The zero-order chi connectivity index (χ0) is 12.1. The van der Waals surface area contributed by atoms with Gasteiger partial charge in [0.25, 0.3) is 5.56 Å². The first-order chi connectivity index (χ1) is 7.58. The molecule has 90 valence electrons. The lowest BCUT2D eigenvalue weighted by Gasteiger charge is -2.18. The van der Waals surface area contributed by atoms with Gasteiger partial charge >= 0.3 is 0 Å². The Hall–Kier alpha value is -1.20. The highest BCUT2D eigenvalue weighted by Gasteiger charge is 2.18. The molecule has 0 radical (unpaired) electrons. The molecule has 0 aliphatic rings. The maximum absolute atomic E-state index is 11.4. The number of nitrogens with two attached hydrogens (primary N) is 1. The van der Waals surface area contributed by atoms with Gasteiger partial charge in [0.1, 0.15) is 11.9 Å². The Bertz CT molecular complexity index is 387. The normalized spacial score (nSPS) is 13.1. The number of ether oxygens (including phenoxy) is 1. The molecule has 0 saturated carbocycles. The molecule has 16 heavy (non-hydrogen) atoms. The van der Waals surface area contributed by atoms with Crippen molar-refractivity contribution in [2.24, 2.45) is 11.7 Å². The summed E-state index contributed by atoms with van der Waals surface area (Å²) in [5.74, 6) is 0.828. The van der Waals surface area contributed by atoms with E-state index in [2.05, 4.69) is 9.97 Å². The summed E-state index contributed by atoms with van der Waals surface area (Å²) in [5, 5.41) is 0. The summed E-state index contributed by atoms with van der Waals surface area (Å²) in [7, 11) is 1.61. The number of hydrogen-bond donors (Lipinski definition) is 2. The number of rotatable bonds is 5. The maximum atomic E-state index is 11.4. The zero-order valence-corrected chi connectivity index (χ0v) is 9.99. The predicted molar refractivity (Wildman–Crippen MR) is 62.2 cm³/mol. The number of aromatic amines is 1. The van der Waals surface area contributed by atoms with Crippen LogP contribution in [0.15, 0.2) is 10.9 Å². The molecule has 0 bridgehead atoms. The van der Waals surface area contributed by atoms with Crippen LogP contribution in [0.2, 0.25) is 0 Å². The van der Waals surface area contributed by atoms with E-state index in [1.807, 2.05) is 13.8 Å². The second kappa shape index (κ2) is 5.77. The largest absolute Gasteiger partial charge is 0.373 e. The van der Waals surface area contributed by atoms with Gasteiger partial charge in [0.05, 0.1) is 0 Å². The highest BCUT2D eigenvalue weighted by molar-refractivity contribution is 5.05. The van der Waals surface area contributed by atoms with Crippen LogP contribution in [0.3, 0.4) is 0 Å². The minimum absolute atomic E-state index is 0.156. The van der Waals surface area contributed by atoms with E-state index in [0.717, 1.165) is 0 Å². The van der Waals surface area contributed by atoms with E-state index < -0.39 is 0 Å². The van der Waals surface area contributed by atoms with Crippen molar-refractivity contribution in [1.82, 2.24) is 9.97 Å². The Morgan fingerprint density at radius 1 is 1.56 bits per heavy atom. The summed E-state index contributed by atoms with van der Waals surface area (Å²) in [6.45, 7) is 4.52. The van der Waals surface area contributed by atoms with Crippen LogP contribution in [0.4, 0.5) is 0 Å². The standard InChI is InChI=1S/C11H19N3O2/c1-7(2)10(16-3)11-13-8(4-5-12)6-9(15)14-11/h6-7,10H,4-5,12H2,1-3H3,(H,13,14,15). The monoisotopic (exact) mass is 225 g/mol. The van der Waals surface area contributed by atoms with Gasteiger partial charge in [-0.1, -0.05) is 13.8 Å². The van der Waals surface area contributed by atoms with E-state index in [9.17, 15) is 4.79 Å². The van der Waals surface area contributed by atoms with E-state index >= 15 is 0 Å². The Morgan fingerprint density at radius 2 is 2.25 bits per heavy atom. The van der Waals surface area contributed by atoms with Crippen LogP contribution in [-0.2, 0) is 11.2 Å². The van der Waals surface area contributed by atoms with Gasteiger partial charge in [-0.2, -0.15) is 0 Å². The van der Waals surface area contributed by atoms with Crippen LogP contribution < -0.4 is 11.3 Å². The van der Waals surface area contributed by atoms with E-state index in [-0.39, 0.29) is 17.6 Å². The fraction of sp³-hybridized carbons (Fsp3) is 0.636. The van der Waals surface area contributed by atoms with E-state index in [0.29, 0.717) is 24.5 Å². The third-order valence-corrected chi connectivity index (χ3v) is 2.34. The minimum atomic E-state index is -0.189. The SMILES string of the molecule is COC(c1nc(CCN)cc(=O)[nH]1)C(C)C. The van der Waals surface area contributed by atoms with Crippen molar-refractivity contribution < 1.29 is 4.74 Å². The quantitative estimate of drug-likeness (QED) is 0.769. The summed E-state index contributed by atoms with van der Waals surface area (Å²) in [6, 6.07) is 1.48. The Labute approximate surface area is 95.0 Å². The molecule has 0 aliphatic carbocycles. The molecule has 0 aliphatic heterocycles. The van der Waals surface area contributed by atoms with Gasteiger partial charge in [0, 0.05) is 25.3 Å². The lowest BCUT2D eigenvalue weighted by Crippen LogP contribution is -2.20. The van der Waals surface area contributed by atoms with Crippen molar-refractivity contribution in [2.45, 2.75) is 26.4 Å². The maximum Gasteiger partial charge on any atom is 0.251 e. The van der Waals surface area contributed by atoms with Gasteiger partial charge in [-0.15, -0.1) is 0 Å². The molecule has 1 rings (SSSR count). The van der Waals surface area contributed by atoms with Crippen molar-refractivity contribution in [2.75, 3.05) is 13.7 Å². The Morgan fingerprint density at radius 3 is 2.75 bits per heavy atom. The lowest BCUT2D eigenvalue weighted by molar-refractivity contribution is 0.0571. The van der Waals surface area contributed by atoms with Crippen LogP contribution in [0.1, 0.15) is 31.5 Å². The molecule has 1 atom stereocenters. The molecular formula is C11H19N3O2. The van der Waals surface area contributed by atoms with Gasteiger partial charge < -0.3 is 15.5 Å². The topological polar surface area (TPSA) is 81.0 Å². The van der Waals surface area contributed by atoms with Crippen LogP contribution >= 0.6 is 0 Å². The number of aromatic nitrogens is 2. The molecule has 5 nitrogen and oxygen atoms in total. The summed E-state index contributed by atoms with van der Waals surface area (Å²) in [4.78, 5) is 18.5. The van der Waals surface area contributed by atoms with Crippen LogP contribution in [0, 0.1) is 5.92 Å². The minimum Gasteiger partial charge on any atom is -0.373 e. The van der Waals surface area contributed by atoms with Crippen molar-refractivity contribution in [3.8, 4) is 0 Å². The smallest absolute Gasteiger partial charge is 0.251 e. The molecule has 0 aromatic carbocycles. The first kappa shape index (κ1) is 12.9. The van der Waals surface area contributed by atoms with Crippen molar-refractivity contribution in [3.05, 3.63) is 27.9 Å². The Balaban J connectivity index is 3.07. The van der Waals surface area contributed by atoms with E-state index in [4.69, 9.17) is 10.5 Å². The lowest BCUT2D eigenvalue weighted by atomic mass is 10.1. The zero-order valence-electron chi connectivity index (χ0n) is 9.99. The number of nitrogens with one attached hydrogen (secondary N) is 1. The van der Waals surface area contributed by atoms with E-state index in [1.54, 1.807) is 7.11 Å². The number of methoxy groups -OCH3 is 1. The molecule has 0 saturated heterocycles. The first-order valence-electron chi connectivity index (χ1n) is 5.41. The van der Waals surface area contributed by atoms with E-state index in [1.165, 1.54) is 6.07 Å². The van der Waals surface area contributed by atoms with Crippen molar-refractivity contribution >= 4 is 0 Å². The van der Waals surface area contributed by atoms with Gasteiger partial charge in [0.2, 0.25) is 0 Å². The van der Waals surface area contributed by atoms with Crippen LogP contribution in [0.5, 0.6) is 0 Å². The number of H-pyrrole nitrogens is 1. The second-order valence-corrected chi connectivity index (χ2v) is 4.06. The van der Waals surface area contributed by atoms with Gasteiger partial charge in [-0.25, -0.2) is 4.98 Å². The van der Waals surface area contributed by atoms with Gasteiger partial charge in [-0.3, -0.25) is 4.79 Å². The fourth-order valence-corrected chi connectivity index (χ4v) is 1.64. The summed E-state index contributed by atoms with van der Waals surface area (Å²) < 4.78 is 5.32. The van der Waals surface area contributed by atoms with Crippen LogP contribution in [0.25, 0.3) is 0 Å². The van der Waals surface area contributed by atoms with Crippen molar-refractivity contribution in [3.63, 3.8) is 0 Å². The molecule has 1 heterocycles. The second-order valence-electron chi connectivity index (χ2n) is 4.06. The third-order valence-electron chi connectivity index (χ3n) is 2.34. The molecule has 5 heteroatoms.